The minimum atomic E-state index is -0.229. The molecule has 1 aromatic carbocycles. The van der Waals surface area contributed by atoms with E-state index in [0.717, 1.165) is 11.0 Å². The van der Waals surface area contributed by atoms with Crippen molar-refractivity contribution in [2.75, 3.05) is 5.43 Å². The number of imidazole rings is 1. The number of nitrogens with one attached hydrogen (secondary N) is 2. The quantitative estimate of drug-likeness (QED) is 0.435. The third-order valence-corrected chi connectivity index (χ3v) is 3.28. The zero-order chi connectivity index (χ0) is 15.5. The summed E-state index contributed by atoms with van der Waals surface area (Å²) in [6.45, 7) is 1.45. The van der Waals surface area contributed by atoms with Crippen LogP contribution in [-0.4, -0.2) is 31.4 Å². The molecule has 2 heterocycles. The normalized spacial score (nSPS) is 11.4. The van der Waals surface area contributed by atoms with Crippen LogP contribution in [0.3, 0.4) is 0 Å². The van der Waals surface area contributed by atoms with Gasteiger partial charge in [-0.2, -0.15) is 5.10 Å². The molecular weight excluding hydrogens is 282 g/mol. The number of rotatable bonds is 4. The Morgan fingerprint density at radius 3 is 2.95 bits per heavy atom. The van der Waals surface area contributed by atoms with E-state index in [2.05, 4.69) is 25.5 Å². The number of aromatic amines is 1. The van der Waals surface area contributed by atoms with Crippen LogP contribution < -0.4 is 5.43 Å². The lowest BCUT2D eigenvalue weighted by molar-refractivity contribution is 0.280. The molecule has 0 radical (unpaired) electrons. The number of aliphatic hydroxyl groups is 1. The van der Waals surface area contributed by atoms with Crippen LogP contribution in [0.4, 0.5) is 5.95 Å². The Labute approximate surface area is 126 Å². The van der Waals surface area contributed by atoms with Crippen LogP contribution in [0.25, 0.3) is 11.0 Å². The molecule has 0 aliphatic heterocycles. The highest BCUT2D eigenvalue weighted by atomic mass is 16.3. The summed E-state index contributed by atoms with van der Waals surface area (Å²) in [4.78, 5) is 11.4. The first-order chi connectivity index (χ1) is 10.7. The summed E-state index contributed by atoms with van der Waals surface area (Å²) in [5.74, 6) is 0.495. The fourth-order valence-corrected chi connectivity index (χ4v) is 2.09. The van der Waals surface area contributed by atoms with E-state index in [-0.39, 0.29) is 12.4 Å². The molecule has 0 amide bonds. The van der Waals surface area contributed by atoms with Crippen LogP contribution in [0.15, 0.2) is 35.6 Å². The molecule has 7 nitrogen and oxygen atoms in total. The molecule has 0 bridgehead atoms. The SMILES string of the molecule is Cc1ncc(CO)c(/C=N/Nc2nc3ccccc3[nH]2)c1O. The number of pyridine rings is 1. The first-order valence-corrected chi connectivity index (χ1v) is 6.71. The maximum atomic E-state index is 10.0. The van der Waals surface area contributed by atoms with Crippen LogP contribution >= 0.6 is 0 Å². The maximum Gasteiger partial charge on any atom is 0.222 e. The van der Waals surface area contributed by atoms with Crippen LogP contribution in [0.2, 0.25) is 0 Å². The number of aliphatic hydroxyl groups excluding tert-OH is 1. The molecule has 7 heteroatoms. The van der Waals surface area contributed by atoms with Gasteiger partial charge in [0.15, 0.2) is 0 Å². The lowest BCUT2D eigenvalue weighted by Gasteiger charge is -2.06. The zero-order valence-electron chi connectivity index (χ0n) is 11.9. The summed E-state index contributed by atoms with van der Waals surface area (Å²) in [7, 11) is 0. The fourth-order valence-electron chi connectivity index (χ4n) is 2.09. The number of hydrogen-bond acceptors (Lipinski definition) is 6. The summed E-state index contributed by atoms with van der Waals surface area (Å²) >= 11 is 0. The van der Waals surface area contributed by atoms with Gasteiger partial charge in [-0.15, -0.1) is 0 Å². The number of fused-ring (bicyclic) bond motifs is 1. The molecule has 0 aliphatic carbocycles. The van der Waals surface area contributed by atoms with Crippen molar-refractivity contribution >= 4 is 23.2 Å². The van der Waals surface area contributed by atoms with Gasteiger partial charge in [0.25, 0.3) is 0 Å². The van der Waals surface area contributed by atoms with Crippen molar-refractivity contribution < 1.29 is 10.2 Å². The minimum absolute atomic E-state index is 0.00158. The molecule has 0 fully saturated rings. The smallest absolute Gasteiger partial charge is 0.222 e. The van der Waals surface area contributed by atoms with Crippen LogP contribution in [-0.2, 0) is 6.61 Å². The molecule has 3 aromatic rings. The molecule has 0 unspecified atom stereocenters. The van der Waals surface area contributed by atoms with Gasteiger partial charge in [0, 0.05) is 17.3 Å². The Morgan fingerprint density at radius 1 is 1.36 bits per heavy atom. The molecule has 0 atom stereocenters. The topological polar surface area (TPSA) is 106 Å². The molecule has 22 heavy (non-hydrogen) atoms. The highest BCUT2D eigenvalue weighted by Gasteiger charge is 2.09. The lowest BCUT2D eigenvalue weighted by atomic mass is 10.1. The number of H-pyrrole nitrogens is 1. The summed E-state index contributed by atoms with van der Waals surface area (Å²) in [5, 5.41) is 23.3. The molecule has 0 saturated carbocycles. The van der Waals surface area contributed by atoms with Crippen molar-refractivity contribution in [3.05, 3.63) is 47.3 Å². The van der Waals surface area contributed by atoms with Gasteiger partial charge in [-0.05, 0) is 19.1 Å². The molecular formula is C15H15N5O2. The van der Waals surface area contributed by atoms with Crippen molar-refractivity contribution in [3.8, 4) is 5.75 Å². The Bertz CT molecular complexity index is 808. The van der Waals surface area contributed by atoms with E-state index in [0.29, 0.717) is 22.8 Å². The standard InChI is InChI=1S/C15H15N5O2/c1-9-14(22)11(10(8-21)6-16-9)7-17-20-15-18-12-4-2-3-5-13(12)19-15/h2-7,21-22H,8H2,1H3,(H2,18,19,20)/b17-7+. The summed E-state index contributed by atoms with van der Waals surface area (Å²) in [5.41, 5.74) is 5.91. The molecule has 3 rings (SSSR count). The van der Waals surface area contributed by atoms with Gasteiger partial charge in [-0.25, -0.2) is 10.4 Å². The van der Waals surface area contributed by atoms with Gasteiger partial charge in [-0.1, -0.05) is 12.1 Å². The zero-order valence-corrected chi connectivity index (χ0v) is 11.9. The monoisotopic (exact) mass is 297 g/mol. The van der Waals surface area contributed by atoms with Gasteiger partial charge < -0.3 is 15.2 Å². The Kier molecular flexibility index (Phi) is 3.71. The van der Waals surface area contributed by atoms with E-state index >= 15 is 0 Å². The largest absolute Gasteiger partial charge is 0.505 e. The second-order valence-electron chi connectivity index (χ2n) is 4.76. The van der Waals surface area contributed by atoms with Gasteiger partial charge in [-0.3, -0.25) is 4.98 Å². The van der Waals surface area contributed by atoms with Crippen molar-refractivity contribution in [2.24, 2.45) is 5.10 Å². The molecule has 4 N–H and O–H groups in total. The average molecular weight is 297 g/mol. The molecule has 112 valence electrons. The lowest BCUT2D eigenvalue weighted by Crippen LogP contribution is -2.00. The third kappa shape index (κ3) is 2.61. The minimum Gasteiger partial charge on any atom is -0.505 e. The number of aromatic nitrogens is 3. The number of aryl methyl sites for hydroxylation is 1. The second kappa shape index (κ2) is 5.82. The van der Waals surface area contributed by atoms with Crippen molar-refractivity contribution in [3.63, 3.8) is 0 Å². The molecule has 0 saturated heterocycles. The Balaban J connectivity index is 1.84. The summed E-state index contributed by atoms with van der Waals surface area (Å²) in [6, 6.07) is 7.63. The average Bonchev–Trinajstić information content (AvgIpc) is 2.94. The first kappa shape index (κ1) is 14.0. The fraction of sp³-hybridized carbons (Fsp3) is 0.133. The summed E-state index contributed by atoms with van der Waals surface area (Å²) in [6.07, 6.45) is 2.94. The Morgan fingerprint density at radius 2 is 2.18 bits per heavy atom. The van der Waals surface area contributed by atoms with E-state index in [1.165, 1.54) is 12.4 Å². The molecule has 0 aliphatic rings. The van der Waals surface area contributed by atoms with Crippen molar-refractivity contribution in [2.45, 2.75) is 13.5 Å². The third-order valence-electron chi connectivity index (χ3n) is 3.28. The van der Waals surface area contributed by atoms with Crippen molar-refractivity contribution in [1.29, 1.82) is 0 Å². The summed E-state index contributed by atoms with van der Waals surface area (Å²) < 4.78 is 0. The molecule has 0 spiro atoms. The highest BCUT2D eigenvalue weighted by Crippen LogP contribution is 2.22. The van der Waals surface area contributed by atoms with E-state index in [1.54, 1.807) is 6.92 Å². The highest BCUT2D eigenvalue weighted by molar-refractivity contribution is 5.86. The Hall–Kier alpha value is -2.93. The van der Waals surface area contributed by atoms with Crippen molar-refractivity contribution in [1.82, 2.24) is 15.0 Å². The van der Waals surface area contributed by atoms with Crippen LogP contribution in [0.5, 0.6) is 5.75 Å². The number of nitrogens with zero attached hydrogens (tertiary/aromatic N) is 3. The number of hydrazone groups is 1. The number of anilines is 1. The maximum absolute atomic E-state index is 10.0. The predicted octanol–water partition coefficient (Wildman–Crippen LogP) is 1.91. The van der Waals surface area contributed by atoms with Gasteiger partial charge in [0.2, 0.25) is 5.95 Å². The number of para-hydroxylation sites is 2. The van der Waals surface area contributed by atoms with E-state index in [1.807, 2.05) is 24.3 Å². The number of benzene rings is 1. The van der Waals surface area contributed by atoms with E-state index in [9.17, 15) is 10.2 Å². The molecule has 2 aromatic heterocycles. The van der Waals surface area contributed by atoms with E-state index < -0.39 is 0 Å². The number of hydrogen-bond donors (Lipinski definition) is 4. The van der Waals surface area contributed by atoms with Gasteiger partial charge in [0.05, 0.1) is 29.5 Å². The first-order valence-electron chi connectivity index (χ1n) is 6.71. The number of aromatic hydroxyl groups is 1. The second-order valence-corrected chi connectivity index (χ2v) is 4.76. The van der Waals surface area contributed by atoms with Gasteiger partial charge >= 0.3 is 0 Å². The van der Waals surface area contributed by atoms with Crippen LogP contribution in [0, 0.1) is 6.92 Å². The predicted molar refractivity (Wildman–Crippen MR) is 83.9 cm³/mol. The van der Waals surface area contributed by atoms with Crippen LogP contribution in [0.1, 0.15) is 16.8 Å². The van der Waals surface area contributed by atoms with E-state index in [4.69, 9.17) is 0 Å². The van der Waals surface area contributed by atoms with Gasteiger partial charge in [0.1, 0.15) is 5.75 Å².